The summed E-state index contributed by atoms with van der Waals surface area (Å²) in [7, 11) is 1.71. The van der Waals surface area contributed by atoms with Gasteiger partial charge in [-0.15, -0.1) is 0 Å². The number of hydrogen-bond donors (Lipinski definition) is 1. The molecule has 2 N–H and O–H groups in total. The Morgan fingerprint density at radius 2 is 1.65 bits per heavy atom. The molecule has 31 heavy (non-hydrogen) atoms. The molecular formula is C27H34N2O2. The lowest BCUT2D eigenvalue weighted by molar-refractivity contribution is -0.118. The van der Waals surface area contributed by atoms with Crippen molar-refractivity contribution in [2.75, 3.05) is 26.7 Å². The number of carbonyl (C=O) groups is 1. The zero-order valence-electron chi connectivity index (χ0n) is 18.6. The summed E-state index contributed by atoms with van der Waals surface area (Å²) in [5.74, 6) is 0.706. The Hall–Kier alpha value is -2.85. The van der Waals surface area contributed by atoms with E-state index in [1.807, 2.05) is 6.07 Å². The summed E-state index contributed by atoms with van der Waals surface area (Å²) in [5, 5.41) is 2.65. The van der Waals surface area contributed by atoms with Crippen molar-refractivity contribution in [3.05, 3.63) is 77.9 Å². The fraction of sp³-hybridized carbons (Fsp3) is 0.370. The number of methoxy groups -OCH3 is 1. The SMILES string of the molecule is COc1cccc(CCN(CCCCCC(N)=O)CCc2cccc3ccccc23)c1. The second-order valence-corrected chi connectivity index (χ2v) is 8.11. The van der Waals surface area contributed by atoms with E-state index in [2.05, 4.69) is 65.6 Å². The number of ether oxygens (including phenoxy) is 1. The Morgan fingerprint density at radius 3 is 2.48 bits per heavy atom. The summed E-state index contributed by atoms with van der Waals surface area (Å²) >= 11 is 0. The fourth-order valence-corrected chi connectivity index (χ4v) is 4.05. The molecule has 0 fully saturated rings. The van der Waals surface area contributed by atoms with Crippen LogP contribution in [0, 0.1) is 0 Å². The van der Waals surface area contributed by atoms with Gasteiger partial charge in [0.2, 0.25) is 5.91 Å². The topological polar surface area (TPSA) is 55.6 Å². The first-order valence-electron chi connectivity index (χ1n) is 11.3. The first-order chi connectivity index (χ1) is 15.2. The minimum absolute atomic E-state index is 0.203. The van der Waals surface area contributed by atoms with E-state index in [0.717, 1.165) is 57.5 Å². The lowest BCUT2D eigenvalue weighted by Gasteiger charge is -2.23. The first kappa shape index (κ1) is 22.8. The molecule has 3 rings (SSSR count). The largest absolute Gasteiger partial charge is 0.497 e. The van der Waals surface area contributed by atoms with Crippen LogP contribution in [0.5, 0.6) is 5.75 Å². The average Bonchev–Trinajstić information content (AvgIpc) is 2.80. The van der Waals surface area contributed by atoms with E-state index in [4.69, 9.17) is 10.5 Å². The molecule has 0 spiro atoms. The van der Waals surface area contributed by atoms with E-state index >= 15 is 0 Å². The number of primary amides is 1. The van der Waals surface area contributed by atoms with Gasteiger partial charge in [-0.1, -0.05) is 61.0 Å². The van der Waals surface area contributed by atoms with Gasteiger partial charge in [0.1, 0.15) is 5.75 Å². The third kappa shape index (κ3) is 7.41. The molecular weight excluding hydrogens is 384 g/mol. The minimum atomic E-state index is -0.203. The number of fused-ring (bicyclic) bond motifs is 1. The monoisotopic (exact) mass is 418 g/mol. The predicted molar refractivity (Wildman–Crippen MR) is 128 cm³/mol. The van der Waals surface area contributed by atoms with Crippen LogP contribution in [0.25, 0.3) is 10.8 Å². The molecule has 0 radical (unpaired) electrons. The number of rotatable bonds is 13. The van der Waals surface area contributed by atoms with Gasteiger partial charge in [0.25, 0.3) is 0 Å². The molecule has 0 bridgehead atoms. The Bertz CT molecular complexity index is 965. The fourth-order valence-electron chi connectivity index (χ4n) is 4.05. The molecule has 3 aromatic carbocycles. The Kier molecular flexibility index (Phi) is 8.92. The third-order valence-electron chi connectivity index (χ3n) is 5.83. The first-order valence-corrected chi connectivity index (χ1v) is 11.3. The second-order valence-electron chi connectivity index (χ2n) is 8.11. The molecule has 164 valence electrons. The van der Waals surface area contributed by atoms with Gasteiger partial charge in [-0.25, -0.2) is 0 Å². The van der Waals surface area contributed by atoms with E-state index in [1.165, 1.54) is 21.9 Å². The maximum atomic E-state index is 11.0. The summed E-state index contributed by atoms with van der Waals surface area (Å²) in [6, 6.07) is 23.5. The number of amides is 1. The molecule has 1 amide bonds. The van der Waals surface area contributed by atoms with Crippen LogP contribution in [-0.2, 0) is 17.6 Å². The van der Waals surface area contributed by atoms with Crippen LogP contribution in [0.4, 0.5) is 0 Å². The van der Waals surface area contributed by atoms with Crippen molar-refractivity contribution in [2.24, 2.45) is 5.73 Å². The molecule has 0 aliphatic carbocycles. The van der Waals surface area contributed by atoms with Crippen molar-refractivity contribution in [1.82, 2.24) is 4.90 Å². The van der Waals surface area contributed by atoms with Gasteiger partial charge >= 0.3 is 0 Å². The van der Waals surface area contributed by atoms with Crippen molar-refractivity contribution in [3.8, 4) is 5.75 Å². The van der Waals surface area contributed by atoms with Gasteiger partial charge < -0.3 is 15.4 Å². The maximum absolute atomic E-state index is 11.0. The highest BCUT2D eigenvalue weighted by molar-refractivity contribution is 5.85. The van der Waals surface area contributed by atoms with Gasteiger partial charge in [-0.2, -0.15) is 0 Å². The van der Waals surface area contributed by atoms with E-state index < -0.39 is 0 Å². The van der Waals surface area contributed by atoms with E-state index in [9.17, 15) is 4.79 Å². The number of carbonyl (C=O) groups excluding carboxylic acids is 1. The molecule has 3 aromatic rings. The zero-order valence-corrected chi connectivity index (χ0v) is 18.6. The maximum Gasteiger partial charge on any atom is 0.217 e. The highest BCUT2D eigenvalue weighted by Crippen LogP contribution is 2.19. The highest BCUT2D eigenvalue weighted by atomic mass is 16.5. The quantitative estimate of drug-likeness (QED) is 0.398. The van der Waals surface area contributed by atoms with Gasteiger partial charge in [0, 0.05) is 19.5 Å². The number of benzene rings is 3. The Labute approximate surface area is 186 Å². The van der Waals surface area contributed by atoms with Crippen LogP contribution in [0.1, 0.15) is 36.8 Å². The summed E-state index contributed by atoms with van der Waals surface area (Å²) in [6.07, 6.45) is 5.50. The molecule has 0 saturated heterocycles. The van der Waals surface area contributed by atoms with E-state index in [-0.39, 0.29) is 5.91 Å². The van der Waals surface area contributed by atoms with Gasteiger partial charge in [0.15, 0.2) is 0 Å². The van der Waals surface area contributed by atoms with Gasteiger partial charge in [-0.3, -0.25) is 4.79 Å². The standard InChI is InChI=1S/C27H34N2O2/c1-31-25-13-7-9-22(21-25)16-19-29(18-6-2-3-15-27(28)30)20-17-24-12-8-11-23-10-4-5-14-26(23)24/h4-5,7-14,21H,2-3,6,15-20H2,1H3,(H2,28,30). The summed E-state index contributed by atoms with van der Waals surface area (Å²) in [5.41, 5.74) is 7.96. The normalized spacial score (nSPS) is 11.2. The molecule has 0 heterocycles. The zero-order chi connectivity index (χ0) is 21.9. The van der Waals surface area contributed by atoms with Crippen molar-refractivity contribution in [2.45, 2.75) is 38.5 Å². The molecule has 4 nitrogen and oxygen atoms in total. The smallest absolute Gasteiger partial charge is 0.217 e. The number of unbranched alkanes of at least 4 members (excludes halogenated alkanes) is 2. The summed E-state index contributed by atoms with van der Waals surface area (Å²) in [6.45, 7) is 3.06. The van der Waals surface area contributed by atoms with Crippen molar-refractivity contribution in [1.29, 1.82) is 0 Å². The molecule has 0 saturated carbocycles. The van der Waals surface area contributed by atoms with Crippen LogP contribution < -0.4 is 10.5 Å². The summed E-state index contributed by atoms with van der Waals surface area (Å²) < 4.78 is 5.37. The van der Waals surface area contributed by atoms with Crippen LogP contribution in [0.15, 0.2) is 66.7 Å². The molecule has 0 aromatic heterocycles. The third-order valence-corrected chi connectivity index (χ3v) is 5.83. The number of nitrogens with zero attached hydrogens (tertiary/aromatic N) is 1. The van der Waals surface area contributed by atoms with Crippen LogP contribution in [-0.4, -0.2) is 37.6 Å². The Balaban J connectivity index is 1.60. The molecule has 0 aliphatic rings. The summed E-state index contributed by atoms with van der Waals surface area (Å²) in [4.78, 5) is 13.5. The van der Waals surface area contributed by atoms with Crippen molar-refractivity contribution in [3.63, 3.8) is 0 Å². The van der Waals surface area contributed by atoms with Gasteiger partial charge in [0.05, 0.1) is 7.11 Å². The lowest BCUT2D eigenvalue weighted by Crippen LogP contribution is -2.29. The Morgan fingerprint density at radius 1 is 0.871 bits per heavy atom. The van der Waals surface area contributed by atoms with Crippen LogP contribution in [0.2, 0.25) is 0 Å². The molecule has 0 aliphatic heterocycles. The van der Waals surface area contributed by atoms with Crippen LogP contribution >= 0.6 is 0 Å². The average molecular weight is 419 g/mol. The molecule has 0 atom stereocenters. The number of nitrogens with two attached hydrogens (primary N) is 1. The van der Waals surface area contributed by atoms with E-state index in [0.29, 0.717) is 6.42 Å². The van der Waals surface area contributed by atoms with E-state index in [1.54, 1.807) is 7.11 Å². The molecule has 4 heteroatoms. The van der Waals surface area contributed by atoms with Crippen molar-refractivity contribution < 1.29 is 9.53 Å². The van der Waals surface area contributed by atoms with Crippen LogP contribution in [0.3, 0.4) is 0 Å². The second kappa shape index (κ2) is 12.1. The minimum Gasteiger partial charge on any atom is -0.497 e. The predicted octanol–water partition coefficient (Wildman–Crippen LogP) is 4.98. The number of hydrogen-bond acceptors (Lipinski definition) is 3. The van der Waals surface area contributed by atoms with Gasteiger partial charge in [-0.05, 0) is 66.3 Å². The molecule has 0 unspecified atom stereocenters. The lowest BCUT2D eigenvalue weighted by atomic mass is 10.0. The van der Waals surface area contributed by atoms with Crippen molar-refractivity contribution >= 4 is 16.7 Å². The highest BCUT2D eigenvalue weighted by Gasteiger charge is 2.09.